The summed E-state index contributed by atoms with van der Waals surface area (Å²) in [5.74, 6) is 0. The van der Waals surface area contributed by atoms with E-state index in [1.54, 1.807) is 0 Å². The molecule has 0 N–H and O–H groups in total. The molecule has 58 heavy (non-hydrogen) atoms. The zero-order valence-electron chi connectivity index (χ0n) is 31.8. The fourth-order valence-electron chi connectivity index (χ4n) is 7.84. The number of nitrogens with zero attached hydrogens (tertiary/aromatic N) is 2. The van der Waals surface area contributed by atoms with Crippen molar-refractivity contribution in [3.63, 3.8) is 0 Å². The number of hydrogen-bond acceptors (Lipinski definition) is 2. The molecule has 0 spiro atoms. The van der Waals surface area contributed by atoms with E-state index in [0.717, 1.165) is 72.5 Å². The number of rotatable bonds is 8. The molecule has 0 aliphatic carbocycles. The van der Waals surface area contributed by atoms with Gasteiger partial charge in [0.25, 0.3) is 0 Å². The summed E-state index contributed by atoms with van der Waals surface area (Å²) in [5, 5.41) is 1.11. The third-order valence-corrected chi connectivity index (χ3v) is 10.9. The van der Waals surface area contributed by atoms with Crippen LogP contribution in [0.4, 0.5) is 0 Å². The van der Waals surface area contributed by atoms with Crippen molar-refractivity contribution in [1.82, 2.24) is 9.97 Å². The second-order valence-electron chi connectivity index (χ2n) is 14.6. The molecule has 2 nitrogen and oxygen atoms in total. The molecular weight excluding hydrogens is 701 g/mol. The van der Waals surface area contributed by atoms with Gasteiger partial charge >= 0.3 is 0 Å². The standard InChI is InChI=1S/C56H38N2/c1-5-15-39(16-6-1)45-23-13-25-47(33-45)48-31-32-53-52(35-48)51(38-56(57-53)49-26-14-24-46(34-49)40-17-7-2-8-18-40)42-29-27-41(28-30-42)50-36-54(43-19-9-3-10-20-43)58-55(37-50)44-21-11-4-12-22-44/h1-38H. The molecule has 10 rings (SSSR count). The first-order valence-corrected chi connectivity index (χ1v) is 19.7. The van der Waals surface area contributed by atoms with Crippen LogP contribution in [-0.2, 0) is 0 Å². The fourth-order valence-corrected chi connectivity index (χ4v) is 7.84. The number of benzene rings is 8. The van der Waals surface area contributed by atoms with Crippen molar-refractivity contribution in [2.75, 3.05) is 0 Å². The number of fused-ring (bicyclic) bond motifs is 1. The van der Waals surface area contributed by atoms with Gasteiger partial charge in [-0.25, -0.2) is 9.97 Å². The summed E-state index contributed by atoms with van der Waals surface area (Å²) in [5.41, 5.74) is 18.7. The second kappa shape index (κ2) is 15.5. The first kappa shape index (κ1) is 34.8. The summed E-state index contributed by atoms with van der Waals surface area (Å²) in [7, 11) is 0. The van der Waals surface area contributed by atoms with Gasteiger partial charge in [0.2, 0.25) is 0 Å². The Hall–Kier alpha value is -7.68. The van der Waals surface area contributed by atoms with Gasteiger partial charge in [-0.05, 0) is 98.1 Å². The Morgan fingerprint density at radius 1 is 0.207 bits per heavy atom. The Kier molecular flexibility index (Phi) is 9.27. The van der Waals surface area contributed by atoms with Crippen molar-refractivity contribution < 1.29 is 0 Å². The topological polar surface area (TPSA) is 25.8 Å². The van der Waals surface area contributed by atoms with E-state index >= 15 is 0 Å². The SMILES string of the molecule is c1ccc(-c2cccc(-c3ccc4nc(-c5cccc(-c6ccccc6)c5)cc(-c5ccc(-c6cc(-c7ccccc7)nc(-c7ccccc7)c6)cc5)c4c3)c2)cc1. The van der Waals surface area contributed by atoms with Crippen LogP contribution in [0.25, 0.3) is 100 Å². The molecule has 0 radical (unpaired) electrons. The molecule has 0 saturated carbocycles. The molecule has 272 valence electrons. The van der Waals surface area contributed by atoms with Gasteiger partial charge in [0, 0.05) is 22.1 Å². The molecule has 10 aromatic rings. The monoisotopic (exact) mass is 738 g/mol. The molecule has 0 fully saturated rings. The van der Waals surface area contributed by atoms with Crippen LogP contribution in [0.15, 0.2) is 231 Å². The Morgan fingerprint density at radius 3 is 1.14 bits per heavy atom. The molecule has 0 atom stereocenters. The van der Waals surface area contributed by atoms with Crippen molar-refractivity contribution in [2.24, 2.45) is 0 Å². The molecule has 2 heterocycles. The van der Waals surface area contributed by atoms with Crippen LogP contribution in [0.5, 0.6) is 0 Å². The highest BCUT2D eigenvalue weighted by Gasteiger charge is 2.14. The predicted octanol–water partition coefficient (Wildman–Crippen LogP) is 15.0. The number of hydrogen-bond donors (Lipinski definition) is 0. The summed E-state index contributed by atoms with van der Waals surface area (Å²) in [6.07, 6.45) is 0. The van der Waals surface area contributed by atoms with Gasteiger partial charge in [0.15, 0.2) is 0 Å². The average Bonchev–Trinajstić information content (AvgIpc) is 3.32. The lowest BCUT2D eigenvalue weighted by atomic mass is 9.93. The smallest absolute Gasteiger partial charge is 0.0716 e. The lowest BCUT2D eigenvalue weighted by molar-refractivity contribution is 1.32. The van der Waals surface area contributed by atoms with Crippen molar-refractivity contribution in [2.45, 2.75) is 0 Å². The summed E-state index contributed by atoms with van der Waals surface area (Å²) < 4.78 is 0. The highest BCUT2D eigenvalue weighted by molar-refractivity contribution is 5.99. The average molecular weight is 739 g/mol. The van der Waals surface area contributed by atoms with Gasteiger partial charge in [-0.15, -0.1) is 0 Å². The summed E-state index contributed by atoms with van der Waals surface area (Å²) >= 11 is 0. The molecule has 2 aromatic heterocycles. The molecule has 0 bridgehead atoms. The van der Waals surface area contributed by atoms with E-state index in [4.69, 9.17) is 9.97 Å². The first-order chi connectivity index (χ1) is 28.7. The van der Waals surface area contributed by atoms with Gasteiger partial charge < -0.3 is 0 Å². The third-order valence-electron chi connectivity index (χ3n) is 10.9. The maximum atomic E-state index is 5.30. The molecule has 8 aromatic carbocycles. The maximum absolute atomic E-state index is 5.30. The molecule has 0 unspecified atom stereocenters. The largest absolute Gasteiger partial charge is 0.248 e. The maximum Gasteiger partial charge on any atom is 0.0716 e. The minimum absolute atomic E-state index is 0.942. The van der Waals surface area contributed by atoms with Crippen molar-refractivity contribution >= 4 is 10.9 Å². The van der Waals surface area contributed by atoms with Gasteiger partial charge in [0.05, 0.1) is 22.6 Å². The summed E-state index contributed by atoms with van der Waals surface area (Å²) in [4.78, 5) is 10.4. The normalized spacial score (nSPS) is 11.1. The Morgan fingerprint density at radius 2 is 0.586 bits per heavy atom. The van der Waals surface area contributed by atoms with E-state index in [0.29, 0.717) is 0 Å². The van der Waals surface area contributed by atoms with Crippen LogP contribution in [0, 0.1) is 0 Å². The highest BCUT2D eigenvalue weighted by Crippen LogP contribution is 2.38. The van der Waals surface area contributed by atoms with Crippen LogP contribution in [-0.4, -0.2) is 9.97 Å². The predicted molar refractivity (Wildman–Crippen MR) is 243 cm³/mol. The third kappa shape index (κ3) is 7.11. The quantitative estimate of drug-likeness (QED) is 0.155. The minimum atomic E-state index is 0.942. The molecule has 2 heteroatoms. The lowest BCUT2D eigenvalue weighted by Gasteiger charge is -2.14. The van der Waals surface area contributed by atoms with Crippen molar-refractivity contribution in [1.29, 1.82) is 0 Å². The fraction of sp³-hybridized carbons (Fsp3) is 0. The first-order valence-electron chi connectivity index (χ1n) is 19.7. The minimum Gasteiger partial charge on any atom is -0.248 e. The Labute approximate surface area is 339 Å². The molecule has 0 saturated heterocycles. The zero-order chi connectivity index (χ0) is 38.7. The van der Waals surface area contributed by atoms with E-state index in [2.05, 4.69) is 218 Å². The van der Waals surface area contributed by atoms with E-state index in [1.807, 2.05) is 12.1 Å². The van der Waals surface area contributed by atoms with E-state index in [1.165, 1.54) is 27.8 Å². The Balaban J connectivity index is 1.10. The van der Waals surface area contributed by atoms with Gasteiger partial charge in [-0.3, -0.25) is 0 Å². The van der Waals surface area contributed by atoms with Crippen molar-refractivity contribution in [3.05, 3.63) is 231 Å². The van der Waals surface area contributed by atoms with Gasteiger partial charge in [-0.2, -0.15) is 0 Å². The zero-order valence-corrected chi connectivity index (χ0v) is 31.8. The van der Waals surface area contributed by atoms with Crippen LogP contribution in [0.2, 0.25) is 0 Å². The lowest BCUT2D eigenvalue weighted by Crippen LogP contribution is -1.93. The molecule has 0 aliphatic rings. The van der Waals surface area contributed by atoms with Crippen molar-refractivity contribution in [3.8, 4) is 89.4 Å². The number of pyridine rings is 2. The van der Waals surface area contributed by atoms with Crippen LogP contribution in [0.3, 0.4) is 0 Å². The molecule has 0 amide bonds. The number of aromatic nitrogens is 2. The van der Waals surface area contributed by atoms with E-state index in [-0.39, 0.29) is 0 Å². The summed E-state index contributed by atoms with van der Waals surface area (Å²) in [6, 6.07) is 81.8. The van der Waals surface area contributed by atoms with E-state index in [9.17, 15) is 0 Å². The van der Waals surface area contributed by atoms with E-state index < -0.39 is 0 Å². The highest BCUT2D eigenvalue weighted by atomic mass is 14.7. The van der Waals surface area contributed by atoms with Crippen LogP contribution in [0.1, 0.15) is 0 Å². The Bertz CT molecular complexity index is 2950. The summed E-state index contributed by atoms with van der Waals surface area (Å²) in [6.45, 7) is 0. The molecular formula is C56H38N2. The second-order valence-corrected chi connectivity index (χ2v) is 14.6. The van der Waals surface area contributed by atoms with Crippen LogP contribution >= 0.6 is 0 Å². The van der Waals surface area contributed by atoms with Gasteiger partial charge in [0.1, 0.15) is 0 Å². The van der Waals surface area contributed by atoms with Crippen LogP contribution < -0.4 is 0 Å². The van der Waals surface area contributed by atoms with Gasteiger partial charge in [-0.1, -0.05) is 188 Å². The molecule has 0 aliphatic heterocycles.